The second-order valence-electron chi connectivity index (χ2n) is 10.2. The van der Waals surface area contributed by atoms with E-state index in [4.69, 9.17) is 15.1 Å². The van der Waals surface area contributed by atoms with Crippen molar-refractivity contribution in [3.63, 3.8) is 0 Å². The second-order valence-corrected chi connectivity index (χ2v) is 10.2. The van der Waals surface area contributed by atoms with Gasteiger partial charge in [-0.05, 0) is 60.9 Å². The Morgan fingerprint density at radius 1 is 0.795 bits per heavy atom. The predicted octanol–water partition coefficient (Wildman–Crippen LogP) is 3.81. The molecule has 10 heteroatoms. The molecule has 0 amide bonds. The summed E-state index contributed by atoms with van der Waals surface area (Å²) in [7, 11) is 0. The summed E-state index contributed by atoms with van der Waals surface area (Å²) in [6.45, 7) is 4.90. The molecule has 2 saturated heterocycles. The number of rotatable bonds is 4. The molecule has 3 aromatic rings. The minimum absolute atomic E-state index is 0.0610. The van der Waals surface area contributed by atoms with Crippen LogP contribution in [0.25, 0.3) is 0 Å². The number of likely N-dealkylation sites (tertiary alicyclic amines) is 1. The van der Waals surface area contributed by atoms with Crippen LogP contribution in [0.4, 0.5) is 16.2 Å². The van der Waals surface area contributed by atoms with Crippen molar-refractivity contribution in [1.29, 1.82) is 0 Å². The van der Waals surface area contributed by atoms with Crippen LogP contribution in [0.5, 0.6) is 0 Å². The van der Waals surface area contributed by atoms with Crippen molar-refractivity contribution < 1.29 is 4.39 Å². The molecule has 0 N–H and O–H groups in total. The summed E-state index contributed by atoms with van der Waals surface area (Å²) in [6.07, 6.45) is 9.67. The lowest BCUT2D eigenvalue weighted by Crippen LogP contribution is -2.47. The molecule has 2 atom stereocenters. The molecule has 4 aliphatic heterocycles. The van der Waals surface area contributed by atoms with Crippen LogP contribution in [0, 0.1) is 5.82 Å². The highest BCUT2D eigenvalue weighted by Gasteiger charge is 2.35. The van der Waals surface area contributed by atoms with Crippen molar-refractivity contribution in [3.8, 4) is 0 Å². The Morgan fingerprint density at radius 2 is 1.59 bits per heavy atom. The average molecular weight is 524 g/mol. The molecule has 0 spiro atoms. The largest absolute Gasteiger partial charge is 0.353 e. The molecule has 0 bridgehead atoms. The number of hydrazone groups is 1. The van der Waals surface area contributed by atoms with Gasteiger partial charge in [-0.15, -0.1) is 0 Å². The van der Waals surface area contributed by atoms with Crippen LogP contribution in [0.2, 0.25) is 0 Å². The van der Waals surface area contributed by atoms with Crippen LogP contribution >= 0.6 is 0 Å². The van der Waals surface area contributed by atoms with Crippen molar-refractivity contribution in [3.05, 3.63) is 90.2 Å². The fourth-order valence-corrected chi connectivity index (χ4v) is 5.90. The van der Waals surface area contributed by atoms with Gasteiger partial charge in [-0.1, -0.05) is 18.2 Å². The molecular weight excluding hydrogens is 493 g/mol. The average Bonchev–Trinajstić information content (AvgIpc) is 3.65. The first-order chi connectivity index (χ1) is 19.2. The van der Waals surface area contributed by atoms with Crippen molar-refractivity contribution in [2.75, 3.05) is 49.1 Å². The lowest BCUT2D eigenvalue weighted by Gasteiger charge is -2.35. The smallest absolute Gasteiger partial charge is 0.225 e. The van der Waals surface area contributed by atoms with Gasteiger partial charge in [0.15, 0.2) is 0 Å². The van der Waals surface area contributed by atoms with Gasteiger partial charge in [0, 0.05) is 45.1 Å². The monoisotopic (exact) mass is 523 g/mol. The molecule has 9 nitrogen and oxygen atoms in total. The molecule has 2 fully saturated rings. The van der Waals surface area contributed by atoms with E-state index in [0.717, 1.165) is 80.3 Å². The van der Waals surface area contributed by atoms with Crippen LogP contribution in [0.1, 0.15) is 36.2 Å². The maximum Gasteiger partial charge on any atom is 0.225 e. The van der Waals surface area contributed by atoms with Crippen molar-refractivity contribution in [2.24, 2.45) is 10.1 Å². The summed E-state index contributed by atoms with van der Waals surface area (Å²) in [5, 5.41) is 7.06. The number of nitrogens with zero attached hydrogens (tertiary/aromatic N) is 9. The normalized spacial score (nSPS) is 22.7. The molecule has 4 aliphatic rings. The number of halogens is 1. The zero-order valence-corrected chi connectivity index (χ0v) is 21.6. The van der Waals surface area contributed by atoms with Crippen molar-refractivity contribution >= 4 is 23.4 Å². The topological polar surface area (TPSA) is 76.3 Å². The number of aliphatic imine (C=N–C) groups is 1. The fourth-order valence-electron chi connectivity index (χ4n) is 5.90. The molecule has 2 aromatic heterocycles. The molecule has 6 heterocycles. The minimum Gasteiger partial charge on any atom is -0.353 e. The zero-order chi connectivity index (χ0) is 26.2. The lowest BCUT2D eigenvalue weighted by atomic mass is 10.0. The van der Waals surface area contributed by atoms with Crippen molar-refractivity contribution in [1.82, 2.24) is 24.9 Å². The van der Waals surface area contributed by atoms with E-state index < -0.39 is 0 Å². The summed E-state index contributed by atoms with van der Waals surface area (Å²) in [4.78, 5) is 25.4. The zero-order valence-electron chi connectivity index (χ0n) is 21.6. The minimum atomic E-state index is -0.199. The number of fused-ring (bicyclic) bond motifs is 1. The van der Waals surface area contributed by atoms with E-state index in [1.165, 1.54) is 6.07 Å². The molecule has 39 heavy (non-hydrogen) atoms. The van der Waals surface area contributed by atoms with Gasteiger partial charge < -0.3 is 14.7 Å². The first-order valence-corrected chi connectivity index (χ1v) is 13.6. The predicted molar refractivity (Wildman–Crippen MR) is 149 cm³/mol. The Balaban J connectivity index is 1.08. The number of benzene rings is 1. The lowest BCUT2D eigenvalue weighted by molar-refractivity contribution is 0.337. The molecule has 0 saturated carbocycles. The molecule has 198 valence electrons. The van der Waals surface area contributed by atoms with E-state index in [1.807, 2.05) is 29.3 Å². The van der Waals surface area contributed by atoms with Gasteiger partial charge >= 0.3 is 0 Å². The number of aromatic nitrogens is 3. The quantitative estimate of drug-likeness (QED) is 0.515. The summed E-state index contributed by atoms with van der Waals surface area (Å²) >= 11 is 0. The van der Waals surface area contributed by atoms with E-state index in [2.05, 4.69) is 42.9 Å². The highest BCUT2D eigenvalue weighted by Crippen LogP contribution is 2.35. The third kappa shape index (κ3) is 4.60. The molecule has 0 aliphatic carbocycles. The number of pyridine rings is 1. The molecule has 0 radical (unpaired) electrons. The number of piperazine rings is 1. The Hall–Kier alpha value is -4.34. The molecule has 2 unspecified atom stereocenters. The van der Waals surface area contributed by atoms with Gasteiger partial charge in [0.2, 0.25) is 5.95 Å². The summed E-state index contributed by atoms with van der Waals surface area (Å²) in [5.74, 6) is 3.29. The highest BCUT2D eigenvalue weighted by molar-refractivity contribution is 6.06. The first-order valence-electron chi connectivity index (χ1n) is 13.6. The Kier molecular flexibility index (Phi) is 6.14. The van der Waals surface area contributed by atoms with Gasteiger partial charge in [-0.2, -0.15) is 5.10 Å². The SMILES string of the molecule is Fc1cccc(C2CCCN2C2=NN3C(=NCC3c3cccc(N4CCN(c5ncccn5)CC4)n3)C=C2)c1. The van der Waals surface area contributed by atoms with Crippen LogP contribution in [0.3, 0.4) is 0 Å². The van der Waals surface area contributed by atoms with Crippen LogP contribution in [-0.4, -0.2) is 75.8 Å². The van der Waals surface area contributed by atoms with Gasteiger partial charge in [0.1, 0.15) is 29.3 Å². The third-order valence-corrected chi connectivity index (χ3v) is 7.86. The standard InChI is InChI=1S/C29H30FN9/c30-22-6-1-5-21(19-22)24-8-3-14-38(24)28-11-10-26-33-20-25(39(26)35-28)23-7-2-9-27(34-23)36-15-17-37(18-16-36)29-31-12-4-13-32-29/h1-2,4-7,9-13,19,24-25H,3,8,14-18,20H2. The summed E-state index contributed by atoms with van der Waals surface area (Å²) < 4.78 is 14.0. The fraction of sp³-hybridized carbons (Fsp3) is 0.345. The van der Waals surface area contributed by atoms with E-state index >= 15 is 0 Å². The van der Waals surface area contributed by atoms with E-state index in [9.17, 15) is 4.39 Å². The van der Waals surface area contributed by atoms with E-state index in [1.54, 1.807) is 24.5 Å². The number of anilines is 2. The number of amidine groups is 2. The third-order valence-electron chi connectivity index (χ3n) is 7.86. The maximum atomic E-state index is 14.0. The van der Waals surface area contributed by atoms with Gasteiger partial charge in [-0.25, -0.2) is 24.4 Å². The molecular formula is C29H30FN9. The maximum absolute atomic E-state index is 14.0. The Morgan fingerprint density at radius 3 is 2.44 bits per heavy atom. The number of hydrogen-bond acceptors (Lipinski definition) is 9. The molecule has 1 aromatic carbocycles. The van der Waals surface area contributed by atoms with Crippen LogP contribution in [0.15, 0.2) is 83.2 Å². The molecule has 7 rings (SSSR count). The number of hydrogen-bond donors (Lipinski definition) is 0. The summed E-state index contributed by atoms with van der Waals surface area (Å²) in [6, 6.07) is 15.1. The van der Waals surface area contributed by atoms with Gasteiger partial charge in [0.25, 0.3) is 0 Å². The Labute approximate surface area is 227 Å². The van der Waals surface area contributed by atoms with E-state index in [-0.39, 0.29) is 17.9 Å². The van der Waals surface area contributed by atoms with Gasteiger partial charge in [0.05, 0.1) is 18.3 Å². The van der Waals surface area contributed by atoms with Crippen LogP contribution < -0.4 is 9.80 Å². The highest BCUT2D eigenvalue weighted by atomic mass is 19.1. The first kappa shape index (κ1) is 23.8. The van der Waals surface area contributed by atoms with Crippen molar-refractivity contribution in [2.45, 2.75) is 24.9 Å². The van der Waals surface area contributed by atoms with Gasteiger partial charge in [-0.3, -0.25) is 4.99 Å². The summed E-state index contributed by atoms with van der Waals surface area (Å²) in [5.41, 5.74) is 1.95. The van der Waals surface area contributed by atoms with E-state index in [0.29, 0.717) is 6.54 Å². The second kappa shape index (κ2) is 10.1. The van der Waals surface area contributed by atoms with Crippen LogP contribution in [-0.2, 0) is 0 Å². The Bertz CT molecular complexity index is 1430.